The Hall–Kier alpha value is -1.46. The van der Waals surface area contributed by atoms with E-state index in [1.54, 1.807) is 20.1 Å². The first-order valence-corrected chi connectivity index (χ1v) is 7.41. The van der Waals surface area contributed by atoms with Crippen LogP contribution in [0.4, 0.5) is 0 Å². The van der Waals surface area contributed by atoms with Gasteiger partial charge in [0.15, 0.2) is 17.6 Å². The van der Waals surface area contributed by atoms with Crippen molar-refractivity contribution in [2.45, 2.75) is 38.5 Å². The maximum atomic E-state index is 11.9. The second-order valence-corrected chi connectivity index (χ2v) is 5.59. The Labute approximate surface area is 130 Å². The molecular weight excluding hydrogens is 292 g/mol. The Morgan fingerprint density at radius 2 is 2.19 bits per heavy atom. The van der Waals surface area contributed by atoms with Crippen LogP contribution in [0.25, 0.3) is 0 Å². The van der Waals surface area contributed by atoms with E-state index in [2.05, 4.69) is 10.6 Å². The lowest BCUT2D eigenvalue weighted by atomic mass is 10.2. The Morgan fingerprint density at radius 1 is 1.48 bits per heavy atom. The molecule has 0 aromatic heterocycles. The molecule has 2 rings (SSSR count). The summed E-state index contributed by atoms with van der Waals surface area (Å²) in [5.41, 5.74) is 0.988. The summed E-state index contributed by atoms with van der Waals surface area (Å²) in [6.45, 7) is 2.38. The number of hydrogen-bond acceptors (Lipinski definition) is 4. The molecule has 116 valence electrons. The van der Waals surface area contributed by atoms with Gasteiger partial charge in [0.1, 0.15) is 0 Å². The van der Waals surface area contributed by atoms with Crippen LogP contribution in [-0.2, 0) is 11.3 Å². The summed E-state index contributed by atoms with van der Waals surface area (Å²) in [7, 11) is 3.41. The molecule has 1 unspecified atom stereocenters. The summed E-state index contributed by atoms with van der Waals surface area (Å²) in [5, 5.41) is 6.39. The molecule has 1 fully saturated rings. The Balaban J connectivity index is 2.11. The van der Waals surface area contributed by atoms with Crippen LogP contribution in [0.3, 0.4) is 0 Å². The summed E-state index contributed by atoms with van der Waals surface area (Å²) < 4.78 is 11.0. The Morgan fingerprint density at radius 3 is 2.76 bits per heavy atom. The molecule has 1 saturated carbocycles. The highest BCUT2D eigenvalue weighted by atomic mass is 35.5. The van der Waals surface area contributed by atoms with Crippen molar-refractivity contribution >= 4 is 17.5 Å². The highest BCUT2D eigenvalue weighted by molar-refractivity contribution is 6.32. The third kappa shape index (κ3) is 4.25. The van der Waals surface area contributed by atoms with Gasteiger partial charge >= 0.3 is 0 Å². The molecular formula is C15H21ClN2O3. The first-order valence-electron chi connectivity index (χ1n) is 7.03. The predicted molar refractivity (Wildman–Crippen MR) is 82.0 cm³/mol. The van der Waals surface area contributed by atoms with Gasteiger partial charge in [-0.2, -0.15) is 0 Å². The zero-order valence-electron chi connectivity index (χ0n) is 12.5. The molecule has 21 heavy (non-hydrogen) atoms. The van der Waals surface area contributed by atoms with Gasteiger partial charge in [0.25, 0.3) is 5.91 Å². The van der Waals surface area contributed by atoms with Crippen molar-refractivity contribution in [3.63, 3.8) is 0 Å². The van der Waals surface area contributed by atoms with Crippen LogP contribution in [0.15, 0.2) is 12.1 Å². The molecule has 0 bridgehead atoms. The number of carbonyl (C=O) groups excluding carboxylic acids is 1. The van der Waals surface area contributed by atoms with Crippen LogP contribution in [0.5, 0.6) is 11.5 Å². The molecule has 0 heterocycles. The summed E-state index contributed by atoms with van der Waals surface area (Å²) in [4.78, 5) is 11.9. The molecule has 0 radical (unpaired) electrons. The summed E-state index contributed by atoms with van der Waals surface area (Å²) in [6.07, 6.45) is 1.47. The largest absolute Gasteiger partial charge is 0.493 e. The fourth-order valence-corrected chi connectivity index (χ4v) is 2.25. The zero-order valence-corrected chi connectivity index (χ0v) is 13.3. The summed E-state index contributed by atoms with van der Waals surface area (Å²) in [5.74, 6) is 0.797. The van der Waals surface area contributed by atoms with Gasteiger partial charge in [-0.1, -0.05) is 11.6 Å². The van der Waals surface area contributed by atoms with Crippen LogP contribution in [0.2, 0.25) is 5.02 Å². The normalized spacial score (nSPS) is 15.4. The summed E-state index contributed by atoms with van der Waals surface area (Å²) in [6, 6.07) is 3.96. The molecule has 2 N–H and O–H groups in total. The average molecular weight is 313 g/mol. The van der Waals surface area contributed by atoms with Gasteiger partial charge in [0, 0.05) is 12.6 Å². The molecule has 0 saturated heterocycles. The number of rotatable bonds is 7. The first kappa shape index (κ1) is 15.9. The van der Waals surface area contributed by atoms with E-state index in [9.17, 15) is 4.79 Å². The number of ether oxygens (including phenoxy) is 2. The van der Waals surface area contributed by atoms with Gasteiger partial charge in [0.2, 0.25) is 0 Å². The highest BCUT2D eigenvalue weighted by Gasteiger charge is 2.27. The molecule has 1 aromatic carbocycles. The van der Waals surface area contributed by atoms with Crippen LogP contribution in [0, 0.1) is 0 Å². The number of nitrogens with one attached hydrogen (secondary N) is 2. The first-order chi connectivity index (χ1) is 10.0. The van der Waals surface area contributed by atoms with E-state index in [-0.39, 0.29) is 5.91 Å². The summed E-state index contributed by atoms with van der Waals surface area (Å²) >= 11 is 6.25. The quantitative estimate of drug-likeness (QED) is 0.809. The van der Waals surface area contributed by atoms with Crippen LogP contribution in [-0.4, -0.2) is 32.2 Å². The van der Waals surface area contributed by atoms with Crippen LogP contribution in [0.1, 0.15) is 25.3 Å². The molecule has 1 aromatic rings. The predicted octanol–water partition coefficient (Wildman–Crippen LogP) is 2.11. The Bertz CT molecular complexity index is 518. The lowest BCUT2D eigenvalue weighted by Crippen LogP contribution is -2.37. The van der Waals surface area contributed by atoms with E-state index in [0.717, 1.165) is 18.4 Å². The fourth-order valence-electron chi connectivity index (χ4n) is 1.97. The second kappa shape index (κ2) is 7.00. The maximum Gasteiger partial charge on any atom is 0.260 e. The van der Waals surface area contributed by atoms with E-state index in [1.165, 1.54) is 0 Å². The van der Waals surface area contributed by atoms with Gasteiger partial charge in [-0.25, -0.2) is 0 Å². The van der Waals surface area contributed by atoms with Gasteiger partial charge in [-0.05, 0) is 44.5 Å². The number of halogens is 1. The zero-order chi connectivity index (χ0) is 15.4. The van der Waals surface area contributed by atoms with Crippen molar-refractivity contribution in [3.8, 4) is 11.5 Å². The van der Waals surface area contributed by atoms with Gasteiger partial charge in [0.05, 0.1) is 12.1 Å². The van der Waals surface area contributed by atoms with E-state index in [4.69, 9.17) is 21.1 Å². The molecule has 1 aliphatic rings. The third-order valence-electron chi connectivity index (χ3n) is 3.26. The molecule has 1 aliphatic carbocycles. The van der Waals surface area contributed by atoms with Gasteiger partial charge < -0.3 is 20.1 Å². The highest BCUT2D eigenvalue weighted by Crippen LogP contribution is 2.37. The van der Waals surface area contributed by atoms with Crippen molar-refractivity contribution in [2.24, 2.45) is 0 Å². The standard InChI is InChI=1S/C15H21ClN2O3/c1-9(15(19)18-11-4-5-11)21-14-12(16)6-10(8-17-2)7-13(14)20-3/h6-7,9,11,17H,4-5,8H2,1-3H3,(H,18,19). The van der Waals surface area contributed by atoms with Crippen molar-refractivity contribution in [1.82, 2.24) is 10.6 Å². The minimum Gasteiger partial charge on any atom is -0.493 e. The van der Waals surface area contributed by atoms with Gasteiger partial charge in [-0.15, -0.1) is 0 Å². The van der Waals surface area contributed by atoms with Crippen molar-refractivity contribution < 1.29 is 14.3 Å². The average Bonchev–Trinajstić information content (AvgIpc) is 3.25. The van der Waals surface area contributed by atoms with Crippen molar-refractivity contribution in [1.29, 1.82) is 0 Å². The molecule has 1 amide bonds. The minimum atomic E-state index is -0.618. The SMILES string of the molecule is CNCc1cc(Cl)c(OC(C)C(=O)NC2CC2)c(OC)c1. The third-order valence-corrected chi connectivity index (χ3v) is 3.54. The molecule has 0 aliphatic heterocycles. The molecule has 1 atom stereocenters. The maximum absolute atomic E-state index is 11.9. The Kier molecular flexibility index (Phi) is 5.31. The topological polar surface area (TPSA) is 59.6 Å². The lowest BCUT2D eigenvalue weighted by Gasteiger charge is -2.18. The smallest absolute Gasteiger partial charge is 0.260 e. The van der Waals surface area contributed by atoms with Crippen molar-refractivity contribution in [2.75, 3.05) is 14.2 Å². The number of amides is 1. The number of benzene rings is 1. The second-order valence-electron chi connectivity index (χ2n) is 5.18. The van der Waals surface area contributed by atoms with E-state index < -0.39 is 6.10 Å². The molecule has 0 spiro atoms. The van der Waals surface area contributed by atoms with E-state index in [1.807, 2.05) is 13.1 Å². The van der Waals surface area contributed by atoms with Gasteiger partial charge in [-0.3, -0.25) is 4.79 Å². The minimum absolute atomic E-state index is 0.130. The molecule has 6 heteroatoms. The molecule has 5 nitrogen and oxygen atoms in total. The number of methoxy groups -OCH3 is 1. The monoisotopic (exact) mass is 312 g/mol. The van der Waals surface area contributed by atoms with Crippen LogP contribution >= 0.6 is 11.6 Å². The lowest BCUT2D eigenvalue weighted by molar-refractivity contribution is -0.127. The van der Waals surface area contributed by atoms with E-state index >= 15 is 0 Å². The van der Waals surface area contributed by atoms with E-state index in [0.29, 0.717) is 29.1 Å². The van der Waals surface area contributed by atoms with Crippen LogP contribution < -0.4 is 20.1 Å². The van der Waals surface area contributed by atoms with Crippen molar-refractivity contribution in [3.05, 3.63) is 22.7 Å². The fraction of sp³-hybridized carbons (Fsp3) is 0.533. The number of hydrogen-bond donors (Lipinski definition) is 2. The number of carbonyl (C=O) groups is 1.